The zero-order valence-electron chi connectivity index (χ0n) is 13.4. The van der Waals surface area contributed by atoms with Crippen LogP contribution < -0.4 is 5.32 Å². The molecule has 2 fully saturated rings. The average Bonchev–Trinajstić information content (AvgIpc) is 2.46. The van der Waals surface area contributed by atoms with E-state index in [1.54, 1.807) is 6.07 Å². The van der Waals surface area contributed by atoms with E-state index < -0.39 is 6.10 Å². The van der Waals surface area contributed by atoms with Crippen molar-refractivity contribution < 1.29 is 14.3 Å². The molecule has 0 spiro atoms. The standard InChI is InChI=1S/C18H25FN2O2/c19-15-4-1-3-13(10-15)9-14-7-8-21(11-17(14)22)12-18(23)20-16-5-2-6-16/h1,3-4,10,14,16-17,22H,2,5-9,11-12H2,(H,20,23)/t14-,17-/m1/s1. The maximum absolute atomic E-state index is 13.2. The SMILES string of the molecule is O=C(CN1CC[C@H](Cc2cccc(F)c2)[C@H](O)C1)NC1CCC1. The number of amides is 1. The molecule has 1 aliphatic heterocycles. The van der Waals surface area contributed by atoms with E-state index >= 15 is 0 Å². The minimum Gasteiger partial charge on any atom is -0.391 e. The number of halogens is 1. The van der Waals surface area contributed by atoms with Crippen molar-refractivity contribution >= 4 is 5.91 Å². The van der Waals surface area contributed by atoms with Gasteiger partial charge in [0.2, 0.25) is 5.91 Å². The lowest BCUT2D eigenvalue weighted by Gasteiger charge is -2.36. The number of likely N-dealkylation sites (tertiary alicyclic amines) is 1. The third kappa shape index (κ3) is 4.52. The fourth-order valence-electron chi connectivity index (χ4n) is 3.42. The molecule has 23 heavy (non-hydrogen) atoms. The molecule has 1 aromatic carbocycles. The Morgan fingerprint density at radius 2 is 2.17 bits per heavy atom. The quantitative estimate of drug-likeness (QED) is 0.868. The fourth-order valence-corrected chi connectivity index (χ4v) is 3.42. The molecule has 1 saturated heterocycles. The highest BCUT2D eigenvalue weighted by atomic mass is 19.1. The number of carbonyl (C=O) groups is 1. The number of hydrogen-bond donors (Lipinski definition) is 2. The Hall–Kier alpha value is -1.46. The molecule has 1 amide bonds. The Labute approximate surface area is 136 Å². The van der Waals surface area contributed by atoms with Crippen LogP contribution in [0.3, 0.4) is 0 Å². The van der Waals surface area contributed by atoms with E-state index in [2.05, 4.69) is 5.32 Å². The molecule has 1 aromatic rings. The molecule has 2 atom stereocenters. The smallest absolute Gasteiger partial charge is 0.234 e. The van der Waals surface area contributed by atoms with Crippen LogP contribution in [0.1, 0.15) is 31.2 Å². The van der Waals surface area contributed by atoms with Gasteiger partial charge < -0.3 is 10.4 Å². The van der Waals surface area contributed by atoms with Crippen LogP contribution in [0, 0.1) is 11.7 Å². The largest absolute Gasteiger partial charge is 0.391 e. The first-order valence-electron chi connectivity index (χ1n) is 8.54. The highest BCUT2D eigenvalue weighted by Crippen LogP contribution is 2.23. The molecule has 2 N–H and O–H groups in total. The van der Waals surface area contributed by atoms with Crippen molar-refractivity contribution in [2.45, 2.75) is 44.2 Å². The lowest BCUT2D eigenvalue weighted by atomic mass is 9.88. The molecule has 126 valence electrons. The molecule has 1 heterocycles. The van der Waals surface area contributed by atoms with Gasteiger partial charge in [-0.3, -0.25) is 9.69 Å². The van der Waals surface area contributed by atoms with E-state index in [9.17, 15) is 14.3 Å². The molecule has 3 rings (SSSR count). The summed E-state index contributed by atoms with van der Waals surface area (Å²) >= 11 is 0. The number of benzene rings is 1. The normalized spacial score (nSPS) is 25.8. The summed E-state index contributed by atoms with van der Waals surface area (Å²) in [5, 5.41) is 13.4. The summed E-state index contributed by atoms with van der Waals surface area (Å²) in [7, 11) is 0. The first-order chi connectivity index (χ1) is 11.1. The topological polar surface area (TPSA) is 52.6 Å². The van der Waals surface area contributed by atoms with E-state index in [-0.39, 0.29) is 17.6 Å². The number of piperidine rings is 1. The predicted molar refractivity (Wildman–Crippen MR) is 86.4 cm³/mol. The summed E-state index contributed by atoms with van der Waals surface area (Å²) in [6.45, 7) is 1.67. The number of carbonyl (C=O) groups excluding carboxylic acids is 1. The van der Waals surface area contributed by atoms with E-state index in [0.717, 1.165) is 31.4 Å². The summed E-state index contributed by atoms with van der Waals surface area (Å²) in [5.41, 5.74) is 0.922. The van der Waals surface area contributed by atoms with Crippen molar-refractivity contribution in [2.75, 3.05) is 19.6 Å². The van der Waals surface area contributed by atoms with Crippen LogP contribution in [-0.4, -0.2) is 47.7 Å². The maximum Gasteiger partial charge on any atom is 0.234 e. The van der Waals surface area contributed by atoms with Crippen LogP contribution in [0.2, 0.25) is 0 Å². The number of rotatable bonds is 5. The minimum atomic E-state index is -0.469. The number of β-amino-alcohol motifs (C(OH)–C–C–N with tert-alkyl or cyclic N) is 1. The summed E-state index contributed by atoms with van der Waals surface area (Å²) in [5.74, 6) is -0.0460. The third-order valence-corrected chi connectivity index (χ3v) is 5.03. The highest BCUT2D eigenvalue weighted by Gasteiger charge is 2.29. The van der Waals surface area contributed by atoms with Gasteiger partial charge in [0.25, 0.3) is 0 Å². The van der Waals surface area contributed by atoms with Gasteiger partial charge >= 0.3 is 0 Å². The predicted octanol–water partition coefficient (Wildman–Crippen LogP) is 1.72. The number of nitrogens with one attached hydrogen (secondary N) is 1. The number of aliphatic hydroxyl groups is 1. The Kier molecular flexibility index (Phi) is 5.28. The second-order valence-corrected chi connectivity index (χ2v) is 6.88. The first-order valence-corrected chi connectivity index (χ1v) is 8.54. The lowest BCUT2D eigenvalue weighted by Crippen LogP contribution is -2.50. The number of aliphatic hydroxyl groups excluding tert-OH is 1. The molecule has 4 nitrogen and oxygen atoms in total. The van der Waals surface area contributed by atoms with E-state index in [1.165, 1.54) is 18.6 Å². The summed E-state index contributed by atoms with van der Waals surface area (Å²) in [6.07, 6.45) is 4.42. The molecule has 1 saturated carbocycles. The molecule has 0 radical (unpaired) electrons. The van der Waals surface area contributed by atoms with Crippen LogP contribution in [0.25, 0.3) is 0 Å². The van der Waals surface area contributed by atoms with Crippen molar-refractivity contribution in [1.29, 1.82) is 0 Å². The summed E-state index contributed by atoms with van der Waals surface area (Å²) in [4.78, 5) is 14.0. The van der Waals surface area contributed by atoms with Gasteiger partial charge in [0.15, 0.2) is 0 Å². The molecular weight excluding hydrogens is 295 g/mol. The molecule has 0 aromatic heterocycles. The van der Waals surface area contributed by atoms with Gasteiger partial charge in [0.1, 0.15) is 5.82 Å². The van der Waals surface area contributed by atoms with Gasteiger partial charge in [-0.15, -0.1) is 0 Å². The van der Waals surface area contributed by atoms with Crippen LogP contribution >= 0.6 is 0 Å². The van der Waals surface area contributed by atoms with Gasteiger partial charge in [-0.25, -0.2) is 4.39 Å². The Morgan fingerprint density at radius 3 is 2.83 bits per heavy atom. The molecular formula is C18H25FN2O2. The van der Waals surface area contributed by atoms with Gasteiger partial charge in [0.05, 0.1) is 12.6 Å². The average molecular weight is 320 g/mol. The molecule has 2 aliphatic rings. The van der Waals surface area contributed by atoms with Crippen molar-refractivity contribution in [3.63, 3.8) is 0 Å². The lowest BCUT2D eigenvalue weighted by molar-refractivity contribution is -0.124. The monoisotopic (exact) mass is 320 g/mol. The van der Waals surface area contributed by atoms with Crippen LogP contribution in [0.5, 0.6) is 0 Å². The van der Waals surface area contributed by atoms with Gasteiger partial charge in [-0.2, -0.15) is 0 Å². The summed E-state index contributed by atoms with van der Waals surface area (Å²) in [6, 6.07) is 6.93. The van der Waals surface area contributed by atoms with Gasteiger partial charge in [-0.1, -0.05) is 12.1 Å². The van der Waals surface area contributed by atoms with Crippen LogP contribution in [0.4, 0.5) is 4.39 Å². The summed E-state index contributed by atoms with van der Waals surface area (Å²) < 4.78 is 13.2. The van der Waals surface area contributed by atoms with E-state index in [1.807, 2.05) is 11.0 Å². The van der Waals surface area contributed by atoms with Crippen molar-refractivity contribution in [3.05, 3.63) is 35.6 Å². The van der Waals surface area contributed by atoms with Crippen molar-refractivity contribution in [3.8, 4) is 0 Å². The molecule has 1 aliphatic carbocycles. The number of nitrogens with zero attached hydrogens (tertiary/aromatic N) is 1. The Morgan fingerprint density at radius 1 is 1.35 bits per heavy atom. The van der Waals surface area contributed by atoms with E-state index in [4.69, 9.17) is 0 Å². The Balaban J connectivity index is 1.46. The third-order valence-electron chi connectivity index (χ3n) is 5.03. The molecule has 5 heteroatoms. The van der Waals surface area contributed by atoms with Crippen molar-refractivity contribution in [2.24, 2.45) is 5.92 Å². The zero-order chi connectivity index (χ0) is 16.2. The first kappa shape index (κ1) is 16.4. The second-order valence-electron chi connectivity index (χ2n) is 6.88. The van der Waals surface area contributed by atoms with Gasteiger partial charge in [0, 0.05) is 12.6 Å². The fraction of sp³-hybridized carbons (Fsp3) is 0.611. The minimum absolute atomic E-state index is 0.0606. The maximum atomic E-state index is 13.2. The van der Waals surface area contributed by atoms with E-state index in [0.29, 0.717) is 25.6 Å². The van der Waals surface area contributed by atoms with Crippen molar-refractivity contribution in [1.82, 2.24) is 10.2 Å². The van der Waals surface area contributed by atoms with Crippen LogP contribution in [-0.2, 0) is 11.2 Å². The van der Waals surface area contributed by atoms with Gasteiger partial charge in [-0.05, 0) is 62.3 Å². The zero-order valence-corrected chi connectivity index (χ0v) is 13.4. The second kappa shape index (κ2) is 7.41. The Bertz CT molecular complexity index is 548. The highest BCUT2D eigenvalue weighted by molar-refractivity contribution is 5.78. The molecule has 0 unspecified atom stereocenters. The van der Waals surface area contributed by atoms with Crippen LogP contribution in [0.15, 0.2) is 24.3 Å². The number of hydrogen-bond acceptors (Lipinski definition) is 3. The molecule has 0 bridgehead atoms.